The highest BCUT2D eigenvalue weighted by molar-refractivity contribution is 6.36. The number of rotatable bonds is 10. The highest BCUT2D eigenvalue weighted by atomic mass is 35.5. The van der Waals surface area contributed by atoms with Crippen LogP contribution in [0.3, 0.4) is 0 Å². The Morgan fingerprint density at radius 3 is 2.29 bits per heavy atom. The van der Waals surface area contributed by atoms with Crippen LogP contribution < -0.4 is 10.1 Å². The van der Waals surface area contributed by atoms with Crippen LogP contribution in [0.2, 0.25) is 5.02 Å². The average molecular weight is 496 g/mol. The van der Waals surface area contributed by atoms with Crippen LogP contribution in [-0.4, -0.2) is 24.2 Å². The standard InChI is InChI=1S/C30H38ClNO3/c1-7-29(3,4)20-14-15-26(24(18-20)30(5,6)8-2)35-17-11-16-32-28(34)23-19-25(31)21-12-9-10-13-22(21)27(23)33/h9-10,12-15,18-19,33H,7-8,11,16-17H2,1-6H3,(H,32,34). The van der Waals surface area contributed by atoms with Crippen molar-refractivity contribution in [2.75, 3.05) is 13.2 Å². The van der Waals surface area contributed by atoms with Gasteiger partial charge in [-0.15, -0.1) is 0 Å². The van der Waals surface area contributed by atoms with Crippen molar-refractivity contribution in [3.8, 4) is 11.5 Å². The zero-order valence-corrected chi connectivity index (χ0v) is 22.6. The molecule has 0 unspecified atom stereocenters. The van der Waals surface area contributed by atoms with E-state index in [2.05, 4.69) is 65.1 Å². The molecule has 0 spiro atoms. The Morgan fingerprint density at radius 2 is 1.63 bits per heavy atom. The lowest BCUT2D eigenvalue weighted by molar-refractivity contribution is 0.0949. The fraction of sp³-hybridized carbons (Fsp3) is 0.433. The van der Waals surface area contributed by atoms with E-state index in [9.17, 15) is 9.90 Å². The first-order valence-corrected chi connectivity index (χ1v) is 12.9. The molecule has 0 fully saturated rings. The van der Waals surface area contributed by atoms with Gasteiger partial charge in [-0.25, -0.2) is 0 Å². The second kappa shape index (κ2) is 10.9. The van der Waals surface area contributed by atoms with Crippen LogP contribution in [-0.2, 0) is 10.8 Å². The van der Waals surface area contributed by atoms with Crippen LogP contribution in [0.5, 0.6) is 11.5 Å². The summed E-state index contributed by atoms with van der Waals surface area (Å²) in [4.78, 5) is 12.7. The number of phenols is 1. The Morgan fingerprint density at radius 1 is 0.971 bits per heavy atom. The maximum absolute atomic E-state index is 12.7. The number of phenolic OH excluding ortho intramolecular Hbond substituents is 1. The summed E-state index contributed by atoms with van der Waals surface area (Å²) in [5.74, 6) is 0.493. The van der Waals surface area contributed by atoms with Crippen molar-refractivity contribution >= 4 is 28.3 Å². The molecule has 3 aromatic rings. The number of carbonyl (C=O) groups is 1. The first kappa shape index (κ1) is 26.9. The van der Waals surface area contributed by atoms with Crippen molar-refractivity contribution in [1.82, 2.24) is 5.32 Å². The lowest BCUT2D eigenvalue weighted by Gasteiger charge is -2.30. The summed E-state index contributed by atoms with van der Waals surface area (Å²) in [6, 6.07) is 15.3. The van der Waals surface area contributed by atoms with E-state index in [0.717, 1.165) is 24.0 Å². The maximum atomic E-state index is 12.7. The summed E-state index contributed by atoms with van der Waals surface area (Å²) in [6.45, 7) is 14.4. The van der Waals surface area contributed by atoms with Gasteiger partial charge in [-0.3, -0.25) is 4.79 Å². The molecule has 35 heavy (non-hydrogen) atoms. The molecule has 0 bridgehead atoms. The molecule has 0 atom stereocenters. The number of hydrogen-bond acceptors (Lipinski definition) is 3. The second-order valence-corrected chi connectivity index (χ2v) is 10.9. The number of benzene rings is 3. The first-order chi connectivity index (χ1) is 16.5. The van der Waals surface area contributed by atoms with Crippen LogP contribution in [0.1, 0.15) is 82.3 Å². The van der Waals surface area contributed by atoms with E-state index in [0.29, 0.717) is 30.0 Å². The van der Waals surface area contributed by atoms with Gasteiger partial charge in [0.2, 0.25) is 0 Å². The van der Waals surface area contributed by atoms with Crippen molar-refractivity contribution in [2.45, 2.75) is 71.6 Å². The molecule has 0 radical (unpaired) electrons. The van der Waals surface area contributed by atoms with E-state index in [-0.39, 0.29) is 28.1 Å². The molecule has 5 heteroatoms. The van der Waals surface area contributed by atoms with Crippen molar-refractivity contribution in [3.63, 3.8) is 0 Å². The molecule has 0 aliphatic rings. The van der Waals surface area contributed by atoms with E-state index in [1.165, 1.54) is 17.2 Å². The molecule has 0 saturated carbocycles. The molecular weight excluding hydrogens is 458 g/mol. The maximum Gasteiger partial charge on any atom is 0.255 e. The highest BCUT2D eigenvalue weighted by Gasteiger charge is 2.26. The lowest BCUT2D eigenvalue weighted by Crippen LogP contribution is -2.26. The van der Waals surface area contributed by atoms with Gasteiger partial charge in [0.1, 0.15) is 11.5 Å². The molecule has 188 valence electrons. The predicted octanol–water partition coefficient (Wildman–Crippen LogP) is 7.77. The third kappa shape index (κ3) is 5.92. The fourth-order valence-electron chi connectivity index (χ4n) is 4.04. The van der Waals surface area contributed by atoms with Crippen LogP contribution in [0.4, 0.5) is 0 Å². The SMILES string of the molecule is CCC(C)(C)c1ccc(OCCCNC(=O)c2cc(Cl)c3ccccc3c2O)c(C(C)(C)CC)c1. The van der Waals surface area contributed by atoms with Crippen LogP contribution in [0, 0.1) is 0 Å². The minimum absolute atomic E-state index is 0.00371. The number of fused-ring (bicyclic) bond motifs is 1. The molecule has 0 aromatic heterocycles. The van der Waals surface area contributed by atoms with Crippen molar-refractivity contribution < 1.29 is 14.6 Å². The van der Waals surface area contributed by atoms with Crippen molar-refractivity contribution in [1.29, 1.82) is 0 Å². The molecule has 4 nitrogen and oxygen atoms in total. The summed E-state index contributed by atoms with van der Waals surface area (Å²) < 4.78 is 6.19. The minimum atomic E-state index is -0.353. The Bertz CT molecular complexity index is 1200. The van der Waals surface area contributed by atoms with Crippen molar-refractivity contribution in [2.24, 2.45) is 0 Å². The Labute approximate surface area is 214 Å². The van der Waals surface area contributed by atoms with E-state index in [1.54, 1.807) is 12.1 Å². The van der Waals surface area contributed by atoms with E-state index < -0.39 is 0 Å². The Balaban J connectivity index is 1.65. The predicted molar refractivity (Wildman–Crippen MR) is 146 cm³/mol. The topological polar surface area (TPSA) is 58.6 Å². The minimum Gasteiger partial charge on any atom is -0.506 e. The van der Waals surface area contributed by atoms with Crippen LogP contribution >= 0.6 is 11.6 Å². The Kier molecular flexibility index (Phi) is 8.38. The zero-order valence-electron chi connectivity index (χ0n) is 21.8. The summed E-state index contributed by atoms with van der Waals surface area (Å²) in [5, 5.41) is 15.2. The fourth-order valence-corrected chi connectivity index (χ4v) is 4.31. The number of halogens is 1. The monoisotopic (exact) mass is 495 g/mol. The largest absolute Gasteiger partial charge is 0.506 e. The first-order valence-electron chi connectivity index (χ1n) is 12.5. The molecule has 1 amide bonds. The number of ether oxygens (including phenoxy) is 1. The molecule has 3 aromatic carbocycles. The van der Waals surface area contributed by atoms with Crippen molar-refractivity contribution in [3.05, 3.63) is 70.2 Å². The molecule has 0 aliphatic heterocycles. The van der Waals surface area contributed by atoms with Gasteiger partial charge in [-0.05, 0) is 47.8 Å². The van der Waals surface area contributed by atoms with E-state index in [4.69, 9.17) is 16.3 Å². The number of aromatic hydroxyl groups is 1. The van der Waals surface area contributed by atoms with Gasteiger partial charge in [0.15, 0.2) is 0 Å². The van der Waals surface area contributed by atoms with Gasteiger partial charge in [0, 0.05) is 27.9 Å². The summed E-state index contributed by atoms with van der Waals surface area (Å²) >= 11 is 6.33. The molecule has 0 saturated heterocycles. The quantitative estimate of drug-likeness (QED) is 0.282. The highest BCUT2D eigenvalue weighted by Crippen LogP contribution is 2.38. The van der Waals surface area contributed by atoms with E-state index in [1.807, 2.05) is 12.1 Å². The summed E-state index contributed by atoms with van der Waals surface area (Å²) in [7, 11) is 0. The van der Waals surface area contributed by atoms with Gasteiger partial charge in [-0.2, -0.15) is 0 Å². The van der Waals surface area contributed by atoms with Gasteiger partial charge in [0.25, 0.3) is 5.91 Å². The second-order valence-electron chi connectivity index (χ2n) is 10.4. The third-order valence-corrected chi connectivity index (χ3v) is 7.65. The van der Waals surface area contributed by atoms with Gasteiger partial charge in [0.05, 0.1) is 12.2 Å². The number of amides is 1. The molecule has 0 heterocycles. The van der Waals surface area contributed by atoms with Gasteiger partial charge < -0.3 is 15.2 Å². The normalized spacial score (nSPS) is 12.1. The molecule has 0 aliphatic carbocycles. The number of nitrogens with one attached hydrogen (secondary N) is 1. The molecule has 3 rings (SSSR count). The van der Waals surface area contributed by atoms with Crippen LogP contribution in [0.25, 0.3) is 10.8 Å². The molecular formula is C30H38ClNO3. The Hall–Kier alpha value is -2.72. The lowest BCUT2D eigenvalue weighted by atomic mass is 9.76. The summed E-state index contributed by atoms with van der Waals surface area (Å²) in [6.07, 6.45) is 2.71. The third-order valence-electron chi connectivity index (χ3n) is 7.33. The zero-order chi connectivity index (χ0) is 25.8. The average Bonchev–Trinajstić information content (AvgIpc) is 2.85. The van der Waals surface area contributed by atoms with Crippen LogP contribution in [0.15, 0.2) is 48.5 Å². The molecule has 2 N–H and O–H groups in total. The smallest absolute Gasteiger partial charge is 0.255 e. The van der Waals surface area contributed by atoms with Gasteiger partial charge >= 0.3 is 0 Å². The summed E-state index contributed by atoms with van der Waals surface area (Å²) in [5.41, 5.74) is 2.83. The van der Waals surface area contributed by atoms with E-state index >= 15 is 0 Å². The van der Waals surface area contributed by atoms with Gasteiger partial charge in [-0.1, -0.05) is 89.5 Å². The number of carbonyl (C=O) groups excluding carboxylic acids is 1. The number of hydrogen-bond donors (Lipinski definition) is 2.